The second-order valence-electron chi connectivity index (χ2n) is 5.38. The Bertz CT molecular complexity index is 541. The third-order valence-electron chi connectivity index (χ3n) is 4.05. The van der Waals surface area contributed by atoms with Crippen LogP contribution >= 0.6 is 0 Å². The van der Waals surface area contributed by atoms with Gasteiger partial charge in [0.15, 0.2) is 0 Å². The largest absolute Gasteiger partial charge is 0.508 e. The van der Waals surface area contributed by atoms with Crippen molar-refractivity contribution in [1.29, 1.82) is 0 Å². The number of phenols is 1. The van der Waals surface area contributed by atoms with E-state index in [1.165, 1.54) is 7.11 Å². The van der Waals surface area contributed by atoms with Crippen LogP contribution in [0, 0.1) is 6.92 Å². The molecule has 1 N–H and O–H groups in total. The Hall–Kier alpha value is -2.04. The van der Waals surface area contributed by atoms with Crippen LogP contribution in [0.3, 0.4) is 0 Å². The molecular formula is C16H21NO4. The molecule has 0 aromatic heterocycles. The van der Waals surface area contributed by atoms with Crippen LogP contribution in [0.5, 0.6) is 5.75 Å². The van der Waals surface area contributed by atoms with E-state index in [-0.39, 0.29) is 30.1 Å². The second-order valence-corrected chi connectivity index (χ2v) is 5.38. The maximum absolute atomic E-state index is 12.7. The van der Waals surface area contributed by atoms with Crippen LogP contribution in [0.25, 0.3) is 0 Å². The van der Waals surface area contributed by atoms with E-state index in [0.717, 1.165) is 19.3 Å². The van der Waals surface area contributed by atoms with Crippen molar-refractivity contribution in [3.8, 4) is 5.75 Å². The van der Waals surface area contributed by atoms with Gasteiger partial charge in [-0.15, -0.1) is 0 Å². The lowest BCUT2D eigenvalue weighted by molar-refractivity contribution is -0.142. The Morgan fingerprint density at radius 3 is 2.86 bits per heavy atom. The molecule has 21 heavy (non-hydrogen) atoms. The topological polar surface area (TPSA) is 66.8 Å². The van der Waals surface area contributed by atoms with E-state index in [1.54, 1.807) is 30.0 Å². The summed E-state index contributed by atoms with van der Waals surface area (Å²) in [5, 5.41) is 9.75. The molecule has 0 bridgehead atoms. The molecule has 1 unspecified atom stereocenters. The number of hydrogen-bond donors (Lipinski definition) is 1. The SMILES string of the molecule is COC(=O)CC1CCCCN1C(=O)c1cccc(O)c1C. The molecule has 0 radical (unpaired) electrons. The highest BCUT2D eigenvalue weighted by atomic mass is 16.5. The fourth-order valence-electron chi connectivity index (χ4n) is 2.77. The molecular weight excluding hydrogens is 270 g/mol. The maximum Gasteiger partial charge on any atom is 0.307 e. The number of likely N-dealkylation sites (tertiary alicyclic amines) is 1. The van der Waals surface area contributed by atoms with Gasteiger partial charge < -0.3 is 14.7 Å². The highest BCUT2D eigenvalue weighted by Gasteiger charge is 2.30. The molecule has 0 saturated carbocycles. The number of esters is 1. The smallest absolute Gasteiger partial charge is 0.307 e. The molecule has 1 aromatic carbocycles. The van der Waals surface area contributed by atoms with Crippen LogP contribution < -0.4 is 0 Å². The summed E-state index contributed by atoms with van der Waals surface area (Å²) in [5.41, 5.74) is 1.07. The Kier molecular flexibility index (Phi) is 4.83. The van der Waals surface area contributed by atoms with Crippen molar-refractivity contribution in [3.63, 3.8) is 0 Å². The highest BCUT2D eigenvalue weighted by Crippen LogP contribution is 2.26. The average molecular weight is 291 g/mol. The molecule has 5 nitrogen and oxygen atoms in total. The first kappa shape index (κ1) is 15.4. The highest BCUT2D eigenvalue weighted by molar-refractivity contribution is 5.96. The van der Waals surface area contributed by atoms with E-state index in [4.69, 9.17) is 4.74 Å². The van der Waals surface area contributed by atoms with Gasteiger partial charge in [-0.25, -0.2) is 0 Å². The summed E-state index contributed by atoms with van der Waals surface area (Å²) in [7, 11) is 1.36. The maximum atomic E-state index is 12.7. The number of benzene rings is 1. The molecule has 0 spiro atoms. The zero-order chi connectivity index (χ0) is 15.4. The fourth-order valence-corrected chi connectivity index (χ4v) is 2.77. The predicted molar refractivity (Wildman–Crippen MR) is 78.2 cm³/mol. The quantitative estimate of drug-likeness (QED) is 0.867. The van der Waals surface area contributed by atoms with Gasteiger partial charge in [-0.05, 0) is 38.3 Å². The first-order chi connectivity index (χ1) is 10.0. The summed E-state index contributed by atoms with van der Waals surface area (Å²) in [4.78, 5) is 26.0. The Labute approximate surface area is 124 Å². The third-order valence-corrected chi connectivity index (χ3v) is 4.05. The number of carbonyl (C=O) groups is 2. The van der Waals surface area contributed by atoms with Crippen LogP contribution in [0.2, 0.25) is 0 Å². The van der Waals surface area contributed by atoms with Crippen LogP contribution in [0.4, 0.5) is 0 Å². The third kappa shape index (κ3) is 3.35. The zero-order valence-electron chi connectivity index (χ0n) is 12.5. The Morgan fingerprint density at radius 1 is 1.38 bits per heavy atom. The standard InChI is InChI=1S/C16H21NO4/c1-11-13(7-5-8-14(11)18)16(20)17-9-4-3-6-12(17)10-15(19)21-2/h5,7-8,12,18H,3-4,6,9-10H2,1-2H3. The summed E-state index contributed by atoms with van der Waals surface area (Å²) >= 11 is 0. The molecule has 1 heterocycles. The van der Waals surface area contributed by atoms with E-state index < -0.39 is 0 Å². The van der Waals surface area contributed by atoms with Crippen LogP contribution in [0.15, 0.2) is 18.2 Å². The van der Waals surface area contributed by atoms with Crippen molar-refractivity contribution in [3.05, 3.63) is 29.3 Å². The first-order valence-electron chi connectivity index (χ1n) is 7.21. The van der Waals surface area contributed by atoms with Crippen molar-refractivity contribution in [2.45, 2.75) is 38.6 Å². The van der Waals surface area contributed by atoms with Crippen LogP contribution in [0.1, 0.15) is 41.6 Å². The van der Waals surface area contributed by atoms with Gasteiger partial charge in [0.05, 0.1) is 13.5 Å². The summed E-state index contributed by atoms with van der Waals surface area (Å²) in [5.74, 6) is -0.313. The summed E-state index contributed by atoms with van der Waals surface area (Å²) in [6.07, 6.45) is 2.96. The van der Waals surface area contributed by atoms with Crippen LogP contribution in [-0.2, 0) is 9.53 Å². The molecule has 1 aliphatic heterocycles. The van der Waals surface area contributed by atoms with Crippen molar-refractivity contribution < 1.29 is 19.4 Å². The van der Waals surface area contributed by atoms with E-state index in [9.17, 15) is 14.7 Å². The average Bonchev–Trinajstić information content (AvgIpc) is 2.50. The number of methoxy groups -OCH3 is 1. The predicted octanol–water partition coefficient (Wildman–Crippen LogP) is 2.26. The molecule has 1 amide bonds. The van der Waals surface area contributed by atoms with Gasteiger partial charge in [0.2, 0.25) is 0 Å². The van der Waals surface area contributed by atoms with Gasteiger partial charge in [-0.3, -0.25) is 9.59 Å². The number of phenolic OH excluding ortho intramolecular Hbond substituents is 1. The lowest BCUT2D eigenvalue weighted by Crippen LogP contribution is -2.45. The number of carbonyl (C=O) groups excluding carboxylic acids is 2. The number of ether oxygens (including phenoxy) is 1. The van der Waals surface area contributed by atoms with Gasteiger partial charge in [-0.2, -0.15) is 0 Å². The molecule has 0 aliphatic carbocycles. The number of aromatic hydroxyl groups is 1. The number of piperidine rings is 1. The van der Waals surface area contributed by atoms with E-state index in [1.807, 2.05) is 0 Å². The summed E-state index contributed by atoms with van der Waals surface area (Å²) in [6, 6.07) is 4.81. The van der Waals surface area contributed by atoms with Crippen molar-refractivity contribution in [2.24, 2.45) is 0 Å². The van der Waals surface area contributed by atoms with Crippen LogP contribution in [-0.4, -0.2) is 41.6 Å². The van der Waals surface area contributed by atoms with Crippen molar-refractivity contribution in [2.75, 3.05) is 13.7 Å². The normalized spacial score (nSPS) is 18.4. The van der Waals surface area contributed by atoms with Crippen molar-refractivity contribution in [1.82, 2.24) is 4.90 Å². The zero-order valence-corrected chi connectivity index (χ0v) is 12.5. The molecule has 1 saturated heterocycles. The van der Waals surface area contributed by atoms with Gasteiger partial charge in [-0.1, -0.05) is 6.07 Å². The lowest BCUT2D eigenvalue weighted by atomic mass is 9.97. The van der Waals surface area contributed by atoms with E-state index in [0.29, 0.717) is 17.7 Å². The van der Waals surface area contributed by atoms with Gasteiger partial charge >= 0.3 is 5.97 Å². The van der Waals surface area contributed by atoms with Gasteiger partial charge in [0, 0.05) is 23.7 Å². The minimum atomic E-state index is -0.299. The van der Waals surface area contributed by atoms with Gasteiger partial charge in [0.1, 0.15) is 5.75 Å². The minimum absolute atomic E-state index is 0.113. The van der Waals surface area contributed by atoms with Gasteiger partial charge in [0.25, 0.3) is 5.91 Å². The number of amides is 1. The van der Waals surface area contributed by atoms with E-state index >= 15 is 0 Å². The first-order valence-corrected chi connectivity index (χ1v) is 7.21. The molecule has 114 valence electrons. The Morgan fingerprint density at radius 2 is 2.14 bits per heavy atom. The van der Waals surface area contributed by atoms with E-state index in [2.05, 4.69) is 0 Å². The summed E-state index contributed by atoms with van der Waals surface area (Å²) < 4.78 is 4.71. The van der Waals surface area contributed by atoms with Crippen molar-refractivity contribution >= 4 is 11.9 Å². The molecule has 2 rings (SSSR count). The molecule has 1 fully saturated rings. The molecule has 1 aliphatic rings. The summed E-state index contributed by atoms with van der Waals surface area (Å²) in [6.45, 7) is 2.36. The molecule has 1 aromatic rings. The monoisotopic (exact) mass is 291 g/mol. The number of rotatable bonds is 3. The Balaban J connectivity index is 2.22. The number of hydrogen-bond acceptors (Lipinski definition) is 4. The molecule has 1 atom stereocenters. The minimum Gasteiger partial charge on any atom is -0.508 e. The molecule has 5 heteroatoms. The second kappa shape index (κ2) is 6.61. The number of nitrogens with zero attached hydrogens (tertiary/aromatic N) is 1. The lowest BCUT2D eigenvalue weighted by Gasteiger charge is -2.35. The fraction of sp³-hybridized carbons (Fsp3) is 0.500.